The molecular weight excluding hydrogens is 376 g/mol. The Morgan fingerprint density at radius 1 is 1.10 bits per heavy atom. The number of hydrogen-bond donors (Lipinski definition) is 2. The molecule has 30 heavy (non-hydrogen) atoms. The number of benzene rings is 2. The number of hydrogen-bond acceptors (Lipinski definition) is 3. The van der Waals surface area contributed by atoms with Crippen LogP contribution in [0.15, 0.2) is 57.7 Å². The molecule has 3 N–H and O–H groups in total. The largest absolute Gasteiger partial charge is 0.497 e. The van der Waals surface area contributed by atoms with Crippen LogP contribution < -0.4 is 20.6 Å². The Morgan fingerprint density at radius 2 is 1.87 bits per heavy atom. The van der Waals surface area contributed by atoms with Crippen molar-refractivity contribution in [3.8, 4) is 5.75 Å². The van der Waals surface area contributed by atoms with Crippen LogP contribution in [0.4, 0.5) is 0 Å². The molecule has 1 atom stereocenters. The number of quaternary nitrogens is 2. The summed E-state index contributed by atoms with van der Waals surface area (Å²) in [5.41, 5.74) is 4.02. The van der Waals surface area contributed by atoms with Crippen LogP contribution in [-0.4, -0.2) is 26.7 Å². The molecule has 5 nitrogen and oxygen atoms in total. The minimum absolute atomic E-state index is 0.268. The highest BCUT2D eigenvalue weighted by Crippen LogP contribution is 2.19. The maximum atomic E-state index is 12.1. The van der Waals surface area contributed by atoms with Crippen LogP contribution >= 0.6 is 0 Å². The molecule has 2 aromatic carbocycles. The number of nitrogens with one attached hydrogen (secondary N) is 1. The third kappa shape index (κ3) is 4.58. The molecule has 0 unspecified atom stereocenters. The van der Waals surface area contributed by atoms with E-state index in [1.807, 2.05) is 6.07 Å². The van der Waals surface area contributed by atoms with Gasteiger partial charge in [-0.05, 0) is 42.3 Å². The second kappa shape index (κ2) is 9.45. The van der Waals surface area contributed by atoms with Crippen LogP contribution in [0.1, 0.15) is 42.5 Å². The first kappa shape index (κ1) is 20.6. The van der Waals surface area contributed by atoms with Crippen molar-refractivity contribution < 1.29 is 19.4 Å². The molecule has 4 rings (SSSR count). The Kier molecular flexibility index (Phi) is 6.50. The van der Waals surface area contributed by atoms with Crippen LogP contribution in [0.2, 0.25) is 0 Å². The molecule has 158 valence electrons. The molecule has 5 heteroatoms. The third-order valence-electron chi connectivity index (χ3n) is 6.33. The Morgan fingerprint density at radius 3 is 2.57 bits per heavy atom. The van der Waals surface area contributed by atoms with Gasteiger partial charge in [0.05, 0.1) is 20.2 Å². The molecule has 1 aromatic heterocycles. The predicted molar refractivity (Wildman–Crippen MR) is 118 cm³/mol. The van der Waals surface area contributed by atoms with Crippen molar-refractivity contribution in [2.45, 2.75) is 38.8 Å². The average Bonchev–Trinajstić information content (AvgIpc) is 3.30. The van der Waals surface area contributed by atoms with Gasteiger partial charge >= 0.3 is 5.63 Å². The summed E-state index contributed by atoms with van der Waals surface area (Å²) in [5.74, 6) is 0.895. The molecule has 0 radical (unpaired) electrons. The SMILES string of the molecule is CCc1ccc2c(C[NH2+]C[C@@H](c3ccc(OC)cc3)[NH+]3CCCC3)cc(=O)oc2c1. The molecule has 1 aliphatic heterocycles. The van der Waals surface area contributed by atoms with Gasteiger partial charge in [-0.3, -0.25) is 0 Å². The van der Waals surface area contributed by atoms with E-state index >= 15 is 0 Å². The second-order valence-electron chi connectivity index (χ2n) is 8.19. The quantitative estimate of drug-likeness (QED) is 0.559. The Labute approximate surface area is 177 Å². The van der Waals surface area contributed by atoms with E-state index in [2.05, 4.69) is 48.6 Å². The van der Waals surface area contributed by atoms with Crippen molar-refractivity contribution in [2.75, 3.05) is 26.7 Å². The Bertz CT molecular complexity index is 1040. The second-order valence-corrected chi connectivity index (χ2v) is 8.19. The van der Waals surface area contributed by atoms with Crippen molar-refractivity contribution in [1.29, 1.82) is 0 Å². The number of rotatable bonds is 8. The molecule has 0 amide bonds. The normalized spacial score (nSPS) is 15.5. The number of likely N-dealkylation sites (tertiary alicyclic amines) is 1. The molecule has 0 aliphatic carbocycles. The Balaban J connectivity index is 1.52. The zero-order chi connectivity index (χ0) is 20.9. The highest BCUT2D eigenvalue weighted by Gasteiger charge is 2.28. The fourth-order valence-electron chi connectivity index (χ4n) is 4.62. The van der Waals surface area contributed by atoms with E-state index in [0.29, 0.717) is 11.6 Å². The molecule has 0 spiro atoms. The highest BCUT2D eigenvalue weighted by atomic mass is 16.5. The zero-order valence-corrected chi connectivity index (χ0v) is 17.9. The fraction of sp³-hybridized carbons (Fsp3) is 0.400. The van der Waals surface area contributed by atoms with Gasteiger partial charge in [-0.15, -0.1) is 0 Å². The summed E-state index contributed by atoms with van der Waals surface area (Å²) in [4.78, 5) is 13.7. The number of fused-ring (bicyclic) bond motifs is 1. The van der Waals surface area contributed by atoms with E-state index < -0.39 is 0 Å². The van der Waals surface area contributed by atoms with Gasteiger partial charge in [0.1, 0.15) is 24.4 Å². The lowest BCUT2D eigenvalue weighted by atomic mass is 10.0. The van der Waals surface area contributed by atoms with E-state index in [9.17, 15) is 4.79 Å². The van der Waals surface area contributed by atoms with Gasteiger partial charge < -0.3 is 19.4 Å². The molecule has 1 saturated heterocycles. The first-order valence-electron chi connectivity index (χ1n) is 11.0. The van der Waals surface area contributed by atoms with Crippen molar-refractivity contribution in [2.24, 2.45) is 0 Å². The van der Waals surface area contributed by atoms with E-state index in [1.54, 1.807) is 18.1 Å². The third-order valence-corrected chi connectivity index (χ3v) is 6.33. The lowest BCUT2D eigenvalue weighted by Gasteiger charge is -2.24. The van der Waals surface area contributed by atoms with Gasteiger partial charge in [0.15, 0.2) is 6.04 Å². The topological polar surface area (TPSA) is 60.5 Å². The van der Waals surface area contributed by atoms with Crippen molar-refractivity contribution in [3.05, 3.63) is 75.6 Å². The van der Waals surface area contributed by atoms with Crippen LogP contribution in [-0.2, 0) is 13.0 Å². The summed E-state index contributed by atoms with van der Waals surface area (Å²) in [6, 6.07) is 16.8. The molecule has 1 fully saturated rings. The van der Waals surface area contributed by atoms with Crippen molar-refractivity contribution in [3.63, 3.8) is 0 Å². The molecule has 3 aromatic rings. The lowest BCUT2D eigenvalue weighted by molar-refractivity contribution is -0.935. The minimum atomic E-state index is -0.268. The monoisotopic (exact) mass is 408 g/mol. The van der Waals surface area contributed by atoms with Gasteiger partial charge in [-0.1, -0.05) is 19.1 Å². The molecule has 2 heterocycles. The van der Waals surface area contributed by atoms with E-state index in [1.165, 1.54) is 37.1 Å². The van der Waals surface area contributed by atoms with E-state index in [4.69, 9.17) is 9.15 Å². The summed E-state index contributed by atoms with van der Waals surface area (Å²) in [6.07, 6.45) is 3.52. The van der Waals surface area contributed by atoms with Gasteiger partial charge in [-0.2, -0.15) is 0 Å². The molecule has 0 saturated carbocycles. The molecule has 0 bridgehead atoms. The fourth-order valence-corrected chi connectivity index (χ4v) is 4.62. The zero-order valence-electron chi connectivity index (χ0n) is 17.9. The smallest absolute Gasteiger partial charge is 0.336 e. The van der Waals surface area contributed by atoms with Gasteiger partial charge in [0, 0.05) is 35.4 Å². The van der Waals surface area contributed by atoms with Gasteiger partial charge in [-0.25, -0.2) is 4.79 Å². The maximum Gasteiger partial charge on any atom is 0.336 e. The van der Waals surface area contributed by atoms with Crippen molar-refractivity contribution >= 4 is 11.0 Å². The van der Waals surface area contributed by atoms with E-state index in [0.717, 1.165) is 36.2 Å². The van der Waals surface area contributed by atoms with E-state index in [-0.39, 0.29) is 5.63 Å². The number of nitrogens with two attached hydrogens (primary N) is 1. The van der Waals surface area contributed by atoms with Crippen LogP contribution in [0.3, 0.4) is 0 Å². The summed E-state index contributed by atoms with van der Waals surface area (Å²) in [7, 11) is 1.70. The molecule has 1 aliphatic rings. The highest BCUT2D eigenvalue weighted by molar-refractivity contribution is 5.80. The van der Waals surface area contributed by atoms with Gasteiger partial charge in [0.25, 0.3) is 0 Å². The van der Waals surface area contributed by atoms with Crippen LogP contribution in [0, 0.1) is 0 Å². The summed E-state index contributed by atoms with van der Waals surface area (Å²) in [5, 5.41) is 3.37. The first-order valence-corrected chi connectivity index (χ1v) is 11.0. The molecular formula is C25H32N2O3+2. The standard InChI is InChI=1S/C25H30N2O3/c1-3-18-6-11-22-20(15-25(28)30-24(22)14-18)16-26-17-23(27-12-4-5-13-27)19-7-9-21(29-2)10-8-19/h6-11,14-15,23,26H,3-5,12-13,16-17H2,1-2H3/p+2/t23-/m0/s1. The summed E-state index contributed by atoms with van der Waals surface area (Å²) < 4.78 is 10.8. The minimum Gasteiger partial charge on any atom is -0.497 e. The average molecular weight is 409 g/mol. The number of ether oxygens (including phenoxy) is 1. The van der Waals surface area contributed by atoms with Crippen LogP contribution in [0.25, 0.3) is 11.0 Å². The van der Waals surface area contributed by atoms with Gasteiger partial charge in [0.2, 0.25) is 0 Å². The Hall–Kier alpha value is -2.63. The first-order chi connectivity index (χ1) is 14.7. The lowest BCUT2D eigenvalue weighted by Crippen LogP contribution is -3.13. The maximum absolute atomic E-state index is 12.1. The summed E-state index contributed by atoms with van der Waals surface area (Å²) >= 11 is 0. The number of aryl methyl sites for hydroxylation is 1. The van der Waals surface area contributed by atoms with Crippen molar-refractivity contribution in [1.82, 2.24) is 0 Å². The van der Waals surface area contributed by atoms with Crippen LogP contribution in [0.5, 0.6) is 5.75 Å². The number of methoxy groups -OCH3 is 1. The summed E-state index contributed by atoms with van der Waals surface area (Å²) in [6.45, 7) is 6.31. The predicted octanol–water partition coefficient (Wildman–Crippen LogP) is 1.85.